The van der Waals surface area contributed by atoms with Crippen molar-refractivity contribution in [3.05, 3.63) is 54.1 Å². The number of ether oxygens (including phenoxy) is 2. The number of carbonyl (C=O) groups is 1. The van der Waals surface area contributed by atoms with E-state index in [1.807, 2.05) is 13.8 Å². The van der Waals surface area contributed by atoms with Crippen molar-refractivity contribution in [2.75, 3.05) is 20.2 Å². The smallest absolute Gasteiger partial charge is 0.253 e. The summed E-state index contributed by atoms with van der Waals surface area (Å²) in [5.41, 5.74) is 0.520. The fourth-order valence-corrected chi connectivity index (χ4v) is 4.54. The lowest BCUT2D eigenvalue weighted by Gasteiger charge is -2.38. The molecule has 0 aliphatic carbocycles. The number of amides is 1. The summed E-state index contributed by atoms with van der Waals surface area (Å²) in [5.74, 6) is 1.13. The number of sulfone groups is 1. The van der Waals surface area contributed by atoms with E-state index in [9.17, 15) is 13.2 Å². The minimum Gasteiger partial charge on any atom is -0.497 e. The first-order valence-electron chi connectivity index (χ1n) is 8.75. The molecule has 7 heteroatoms. The zero-order valence-electron chi connectivity index (χ0n) is 15.6. The molecule has 0 radical (unpaired) electrons. The topological polar surface area (TPSA) is 72.9 Å². The highest BCUT2D eigenvalue weighted by Gasteiger charge is 2.40. The molecule has 1 aliphatic rings. The van der Waals surface area contributed by atoms with Crippen LogP contribution in [0.4, 0.5) is 0 Å². The zero-order valence-corrected chi connectivity index (χ0v) is 16.4. The first-order valence-corrected chi connectivity index (χ1v) is 10.3. The average molecular weight is 389 g/mol. The normalized spacial score (nSPS) is 14.7. The van der Waals surface area contributed by atoms with E-state index in [0.29, 0.717) is 17.1 Å². The number of hydrogen-bond donors (Lipinski definition) is 0. The van der Waals surface area contributed by atoms with Gasteiger partial charge in [-0.25, -0.2) is 8.42 Å². The molecule has 0 unspecified atom stereocenters. The van der Waals surface area contributed by atoms with E-state index in [1.54, 1.807) is 41.3 Å². The highest BCUT2D eigenvalue weighted by molar-refractivity contribution is 7.92. The number of methoxy groups -OCH3 is 1. The Balaban J connectivity index is 1.63. The second-order valence-electron chi connectivity index (χ2n) is 6.74. The van der Waals surface area contributed by atoms with Gasteiger partial charge in [0.2, 0.25) is 0 Å². The molecular formula is C20H23NO5S. The van der Waals surface area contributed by atoms with Gasteiger partial charge in [0, 0.05) is 18.7 Å². The Morgan fingerprint density at radius 3 is 2.07 bits per heavy atom. The monoisotopic (exact) mass is 389 g/mol. The lowest BCUT2D eigenvalue weighted by molar-refractivity contribution is 0.0659. The molecule has 0 atom stereocenters. The Bertz CT molecular complexity index is 898. The van der Waals surface area contributed by atoms with Crippen molar-refractivity contribution in [3.63, 3.8) is 0 Å². The molecule has 0 bridgehead atoms. The molecule has 6 nitrogen and oxygen atoms in total. The minimum absolute atomic E-state index is 0.0610. The van der Waals surface area contributed by atoms with Crippen LogP contribution in [0.15, 0.2) is 53.4 Å². The lowest BCUT2D eigenvalue weighted by Crippen LogP contribution is -2.56. The van der Waals surface area contributed by atoms with Crippen LogP contribution < -0.4 is 9.47 Å². The van der Waals surface area contributed by atoms with Gasteiger partial charge in [0.1, 0.15) is 16.7 Å². The van der Waals surface area contributed by atoms with Crippen LogP contribution in [0, 0.1) is 0 Å². The highest BCUT2D eigenvalue weighted by Crippen LogP contribution is 2.27. The molecule has 0 aromatic heterocycles. The number of nitrogens with zero attached hydrogens (tertiary/aromatic N) is 1. The van der Waals surface area contributed by atoms with Crippen molar-refractivity contribution < 1.29 is 22.7 Å². The van der Waals surface area contributed by atoms with Crippen molar-refractivity contribution >= 4 is 15.7 Å². The van der Waals surface area contributed by atoms with Crippen molar-refractivity contribution in [1.29, 1.82) is 0 Å². The molecular weight excluding hydrogens is 366 g/mol. The summed E-state index contributed by atoms with van der Waals surface area (Å²) in [6, 6.07) is 13.2. The lowest BCUT2D eigenvalue weighted by atomic mass is 10.1. The standard InChI is InChI=1S/C20H23NO5S/c1-14(2)26-17-6-4-15(5-7-17)20(22)21-12-19(13-21)27(23,24)18-10-8-16(25-3)9-11-18/h4-11,14,19H,12-13H2,1-3H3. The molecule has 2 aromatic rings. The summed E-state index contributed by atoms with van der Waals surface area (Å²) < 4.78 is 36.0. The second kappa shape index (κ2) is 7.60. The van der Waals surface area contributed by atoms with Gasteiger partial charge < -0.3 is 14.4 Å². The van der Waals surface area contributed by atoms with Crippen molar-refractivity contribution in [3.8, 4) is 11.5 Å². The van der Waals surface area contributed by atoms with Crippen LogP contribution in [-0.2, 0) is 9.84 Å². The number of rotatable bonds is 6. The molecule has 27 heavy (non-hydrogen) atoms. The highest BCUT2D eigenvalue weighted by atomic mass is 32.2. The van der Waals surface area contributed by atoms with Crippen LogP contribution in [0.3, 0.4) is 0 Å². The van der Waals surface area contributed by atoms with E-state index >= 15 is 0 Å². The third kappa shape index (κ3) is 4.08. The molecule has 144 valence electrons. The van der Waals surface area contributed by atoms with E-state index in [4.69, 9.17) is 9.47 Å². The quantitative estimate of drug-likeness (QED) is 0.760. The largest absolute Gasteiger partial charge is 0.497 e. The van der Waals surface area contributed by atoms with Crippen LogP contribution in [0.25, 0.3) is 0 Å². The Kier molecular flexibility index (Phi) is 5.41. The average Bonchev–Trinajstić information content (AvgIpc) is 2.60. The Morgan fingerprint density at radius 1 is 1.00 bits per heavy atom. The molecule has 0 N–H and O–H groups in total. The van der Waals surface area contributed by atoms with Crippen molar-refractivity contribution in [1.82, 2.24) is 4.90 Å². The van der Waals surface area contributed by atoms with E-state index in [-0.39, 0.29) is 30.0 Å². The van der Waals surface area contributed by atoms with Crippen LogP contribution in [0.2, 0.25) is 0 Å². The van der Waals surface area contributed by atoms with Crippen LogP contribution >= 0.6 is 0 Å². The van der Waals surface area contributed by atoms with E-state index in [2.05, 4.69) is 0 Å². The second-order valence-corrected chi connectivity index (χ2v) is 8.97. The summed E-state index contributed by atoms with van der Waals surface area (Å²) >= 11 is 0. The number of benzene rings is 2. The summed E-state index contributed by atoms with van der Waals surface area (Å²) in [6.07, 6.45) is 0.0610. The fourth-order valence-electron chi connectivity index (χ4n) is 2.89. The molecule has 2 aromatic carbocycles. The summed E-state index contributed by atoms with van der Waals surface area (Å²) in [4.78, 5) is 14.3. The molecule has 1 heterocycles. The first-order chi connectivity index (χ1) is 12.8. The van der Waals surface area contributed by atoms with Gasteiger partial charge in [-0.05, 0) is 62.4 Å². The maximum Gasteiger partial charge on any atom is 0.253 e. The first kappa shape index (κ1) is 19.2. The fraction of sp³-hybridized carbons (Fsp3) is 0.350. The predicted octanol–water partition coefficient (Wildman–Crippen LogP) is 2.78. The third-order valence-corrected chi connectivity index (χ3v) is 6.54. The molecule has 1 amide bonds. The zero-order chi connectivity index (χ0) is 19.6. The Morgan fingerprint density at radius 2 is 1.56 bits per heavy atom. The number of hydrogen-bond acceptors (Lipinski definition) is 5. The third-order valence-electron chi connectivity index (χ3n) is 4.44. The molecule has 1 saturated heterocycles. The molecule has 0 saturated carbocycles. The SMILES string of the molecule is COc1ccc(S(=O)(=O)C2CN(C(=O)c3ccc(OC(C)C)cc3)C2)cc1. The van der Waals surface area contributed by atoms with E-state index in [0.717, 1.165) is 0 Å². The Labute approximate surface area is 159 Å². The van der Waals surface area contributed by atoms with Crippen LogP contribution in [0.5, 0.6) is 11.5 Å². The predicted molar refractivity (Wildman–Crippen MR) is 102 cm³/mol. The minimum atomic E-state index is -3.47. The van der Waals surface area contributed by atoms with Gasteiger partial charge in [0.05, 0.1) is 18.1 Å². The summed E-state index contributed by atoms with van der Waals surface area (Å²) in [6.45, 7) is 4.25. The van der Waals surface area contributed by atoms with Crippen LogP contribution in [0.1, 0.15) is 24.2 Å². The molecule has 1 aliphatic heterocycles. The Hall–Kier alpha value is -2.54. The van der Waals surface area contributed by atoms with Crippen molar-refractivity contribution in [2.24, 2.45) is 0 Å². The number of likely N-dealkylation sites (tertiary alicyclic amines) is 1. The van der Waals surface area contributed by atoms with Gasteiger partial charge in [-0.3, -0.25) is 4.79 Å². The van der Waals surface area contributed by atoms with Gasteiger partial charge in [0.15, 0.2) is 9.84 Å². The molecule has 3 rings (SSSR count). The van der Waals surface area contributed by atoms with Crippen molar-refractivity contribution in [2.45, 2.75) is 30.1 Å². The van der Waals surface area contributed by atoms with Gasteiger partial charge >= 0.3 is 0 Å². The van der Waals surface area contributed by atoms with E-state index < -0.39 is 15.1 Å². The van der Waals surface area contributed by atoms with Gasteiger partial charge in [0.25, 0.3) is 5.91 Å². The van der Waals surface area contributed by atoms with Gasteiger partial charge in [-0.15, -0.1) is 0 Å². The molecule has 0 spiro atoms. The maximum absolute atomic E-state index is 12.7. The summed E-state index contributed by atoms with van der Waals surface area (Å²) in [7, 11) is -1.94. The van der Waals surface area contributed by atoms with E-state index in [1.165, 1.54) is 19.2 Å². The molecule has 1 fully saturated rings. The summed E-state index contributed by atoms with van der Waals surface area (Å²) in [5, 5.41) is -0.585. The number of carbonyl (C=O) groups excluding carboxylic acids is 1. The van der Waals surface area contributed by atoms with Gasteiger partial charge in [-0.1, -0.05) is 0 Å². The van der Waals surface area contributed by atoms with Gasteiger partial charge in [-0.2, -0.15) is 0 Å². The maximum atomic E-state index is 12.7. The van der Waals surface area contributed by atoms with Crippen LogP contribution in [-0.4, -0.2) is 50.8 Å².